The molecule has 2 rings (SSSR count). The average molecular weight is 269 g/mol. The minimum Gasteiger partial charge on any atom is -0.378 e. The number of hydrogen-bond acceptors (Lipinski definition) is 3. The lowest BCUT2D eigenvalue weighted by Crippen LogP contribution is -2.19. The van der Waals surface area contributed by atoms with Crippen molar-refractivity contribution in [3.63, 3.8) is 0 Å². The molecule has 1 unspecified atom stereocenters. The molecule has 0 aliphatic carbocycles. The third-order valence-corrected chi connectivity index (χ3v) is 3.64. The van der Waals surface area contributed by atoms with Crippen molar-refractivity contribution >= 4 is 5.69 Å². The van der Waals surface area contributed by atoms with Gasteiger partial charge in [0, 0.05) is 44.8 Å². The van der Waals surface area contributed by atoms with Gasteiger partial charge in [-0.15, -0.1) is 0 Å². The number of aryl methyl sites for hydroxylation is 1. The van der Waals surface area contributed by atoms with Crippen LogP contribution in [0, 0.1) is 6.92 Å². The quantitative estimate of drug-likeness (QED) is 0.902. The number of anilines is 1. The summed E-state index contributed by atoms with van der Waals surface area (Å²) in [5, 5.41) is 3.56. The van der Waals surface area contributed by atoms with E-state index in [0.717, 1.165) is 6.54 Å². The van der Waals surface area contributed by atoms with Gasteiger partial charge in [0.1, 0.15) is 0 Å². The maximum absolute atomic E-state index is 4.12. The Morgan fingerprint density at radius 3 is 2.45 bits per heavy atom. The number of rotatable bonds is 5. The minimum atomic E-state index is 0.332. The second-order valence-corrected chi connectivity index (χ2v) is 5.39. The van der Waals surface area contributed by atoms with Crippen LogP contribution < -0.4 is 10.2 Å². The Labute approximate surface area is 121 Å². The number of nitrogens with one attached hydrogen (secondary N) is 1. The molecule has 0 fully saturated rings. The molecule has 1 aromatic carbocycles. The zero-order valence-electron chi connectivity index (χ0n) is 12.7. The predicted molar refractivity (Wildman–Crippen MR) is 85.0 cm³/mol. The largest absolute Gasteiger partial charge is 0.378 e. The molecular weight excluding hydrogens is 246 g/mol. The van der Waals surface area contributed by atoms with Crippen molar-refractivity contribution in [3.8, 4) is 0 Å². The van der Waals surface area contributed by atoms with E-state index < -0.39 is 0 Å². The fraction of sp³-hybridized carbons (Fsp3) is 0.353. The van der Waals surface area contributed by atoms with Gasteiger partial charge in [0.2, 0.25) is 0 Å². The number of nitrogens with zero attached hydrogens (tertiary/aromatic N) is 2. The van der Waals surface area contributed by atoms with Gasteiger partial charge < -0.3 is 10.2 Å². The van der Waals surface area contributed by atoms with Gasteiger partial charge in [0.05, 0.1) is 0 Å². The highest BCUT2D eigenvalue weighted by Crippen LogP contribution is 2.18. The Morgan fingerprint density at radius 1 is 1.15 bits per heavy atom. The Bertz CT molecular complexity index is 546. The second kappa shape index (κ2) is 6.53. The molecule has 1 atom stereocenters. The van der Waals surface area contributed by atoms with Crippen LogP contribution in [0.1, 0.15) is 29.7 Å². The maximum atomic E-state index is 4.12. The van der Waals surface area contributed by atoms with Gasteiger partial charge >= 0.3 is 0 Å². The zero-order valence-corrected chi connectivity index (χ0v) is 12.7. The summed E-state index contributed by atoms with van der Waals surface area (Å²) in [6.07, 6.45) is 3.76. The third-order valence-electron chi connectivity index (χ3n) is 3.64. The summed E-state index contributed by atoms with van der Waals surface area (Å²) in [5.74, 6) is 0. The van der Waals surface area contributed by atoms with Gasteiger partial charge in [-0.3, -0.25) is 4.98 Å². The number of aromatic nitrogens is 1. The van der Waals surface area contributed by atoms with E-state index in [1.54, 1.807) is 0 Å². The summed E-state index contributed by atoms with van der Waals surface area (Å²) in [4.78, 5) is 6.24. The molecule has 0 amide bonds. The molecule has 1 N–H and O–H groups in total. The SMILES string of the molecule is Cc1cnccc1CNC(C)c1ccc(N(C)C)cc1. The van der Waals surface area contributed by atoms with Gasteiger partial charge in [-0.2, -0.15) is 0 Å². The highest BCUT2D eigenvalue weighted by atomic mass is 15.1. The first kappa shape index (κ1) is 14.5. The fourth-order valence-corrected chi connectivity index (χ4v) is 2.14. The Morgan fingerprint density at radius 2 is 1.85 bits per heavy atom. The molecule has 1 heterocycles. The molecule has 0 saturated heterocycles. The van der Waals surface area contributed by atoms with Gasteiger partial charge in [-0.25, -0.2) is 0 Å². The number of pyridine rings is 1. The lowest BCUT2D eigenvalue weighted by atomic mass is 10.1. The van der Waals surface area contributed by atoms with E-state index in [4.69, 9.17) is 0 Å². The van der Waals surface area contributed by atoms with Crippen molar-refractivity contribution in [2.24, 2.45) is 0 Å². The molecule has 0 radical (unpaired) electrons. The monoisotopic (exact) mass is 269 g/mol. The number of benzene rings is 1. The van der Waals surface area contributed by atoms with Crippen LogP contribution in [0.2, 0.25) is 0 Å². The summed E-state index contributed by atoms with van der Waals surface area (Å²) in [6, 6.07) is 11.1. The zero-order chi connectivity index (χ0) is 14.5. The predicted octanol–water partition coefficient (Wildman–Crippen LogP) is 3.31. The van der Waals surface area contributed by atoms with Crippen LogP contribution in [-0.2, 0) is 6.54 Å². The van der Waals surface area contributed by atoms with Gasteiger partial charge in [0.25, 0.3) is 0 Å². The molecule has 20 heavy (non-hydrogen) atoms. The molecule has 2 aromatic rings. The summed E-state index contributed by atoms with van der Waals surface area (Å²) < 4.78 is 0. The smallest absolute Gasteiger partial charge is 0.0361 e. The third kappa shape index (κ3) is 3.58. The van der Waals surface area contributed by atoms with Crippen LogP contribution in [0.15, 0.2) is 42.7 Å². The topological polar surface area (TPSA) is 28.2 Å². The first-order valence-corrected chi connectivity index (χ1v) is 6.98. The highest BCUT2D eigenvalue weighted by molar-refractivity contribution is 5.46. The van der Waals surface area contributed by atoms with E-state index >= 15 is 0 Å². The van der Waals surface area contributed by atoms with E-state index in [1.165, 1.54) is 22.4 Å². The lowest BCUT2D eigenvalue weighted by molar-refractivity contribution is 0.573. The van der Waals surface area contributed by atoms with E-state index in [0.29, 0.717) is 6.04 Å². The fourth-order valence-electron chi connectivity index (χ4n) is 2.14. The van der Waals surface area contributed by atoms with Gasteiger partial charge in [0.15, 0.2) is 0 Å². The summed E-state index contributed by atoms with van der Waals surface area (Å²) in [5.41, 5.74) is 5.07. The summed E-state index contributed by atoms with van der Waals surface area (Å²) in [7, 11) is 4.12. The molecule has 3 nitrogen and oxygen atoms in total. The minimum absolute atomic E-state index is 0.332. The van der Waals surface area contributed by atoms with E-state index in [-0.39, 0.29) is 0 Å². The molecule has 0 bridgehead atoms. The van der Waals surface area contributed by atoms with E-state index in [1.807, 2.05) is 12.4 Å². The van der Waals surface area contributed by atoms with Crippen molar-refractivity contribution in [3.05, 3.63) is 59.4 Å². The molecular formula is C17H23N3. The molecule has 1 aromatic heterocycles. The Kier molecular flexibility index (Phi) is 4.74. The molecule has 3 heteroatoms. The van der Waals surface area contributed by atoms with E-state index in [2.05, 4.69) is 73.5 Å². The molecule has 0 saturated carbocycles. The van der Waals surface area contributed by atoms with Crippen molar-refractivity contribution < 1.29 is 0 Å². The average Bonchev–Trinajstić information content (AvgIpc) is 2.46. The lowest BCUT2D eigenvalue weighted by Gasteiger charge is -2.17. The maximum Gasteiger partial charge on any atom is 0.0361 e. The molecule has 0 aliphatic rings. The van der Waals surface area contributed by atoms with E-state index in [9.17, 15) is 0 Å². The number of hydrogen-bond donors (Lipinski definition) is 1. The van der Waals surface area contributed by atoms with Crippen LogP contribution in [0.5, 0.6) is 0 Å². The van der Waals surface area contributed by atoms with Crippen LogP contribution >= 0.6 is 0 Å². The first-order valence-electron chi connectivity index (χ1n) is 6.98. The Balaban J connectivity index is 1.98. The summed E-state index contributed by atoms with van der Waals surface area (Å²) in [6.45, 7) is 5.16. The van der Waals surface area contributed by atoms with Crippen molar-refractivity contribution in [2.45, 2.75) is 26.4 Å². The van der Waals surface area contributed by atoms with Gasteiger partial charge in [-0.05, 0) is 48.7 Å². The second-order valence-electron chi connectivity index (χ2n) is 5.39. The van der Waals surface area contributed by atoms with Gasteiger partial charge in [-0.1, -0.05) is 12.1 Å². The molecule has 0 spiro atoms. The highest BCUT2D eigenvalue weighted by Gasteiger charge is 2.06. The normalized spacial score (nSPS) is 12.2. The molecule has 0 aliphatic heterocycles. The molecule has 106 valence electrons. The van der Waals surface area contributed by atoms with Crippen LogP contribution in [0.3, 0.4) is 0 Å². The first-order chi connectivity index (χ1) is 9.58. The van der Waals surface area contributed by atoms with Crippen molar-refractivity contribution in [1.82, 2.24) is 10.3 Å². The van der Waals surface area contributed by atoms with Crippen LogP contribution in [0.25, 0.3) is 0 Å². The van der Waals surface area contributed by atoms with Crippen LogP contribution in [0.4, 0.5) is 5.69 Å². The standard InChI is InChI=1S/C17H23N3/c1-13-11-18-10-9-16(13)12-19-14(2)15-5-7-17(8-6-15)20(3)4/h5-11,14,19H,12H2,1-4H3. The van der Waals surface area contributed by atoms with Crippen molar-refractivity contribution in [1.29, 1.82) is 0 Å². The van der Waals surface area contributed by atoms with Crippen LogP contribution in [-0.4, -0.2) is 19.1 Å². The summed E-state index contributed by atoms with van der Waals surface area (Å²) >= 11 is 0. The van der Waals surface area contributed by atoms with Crippen molar-refractivity contribution in [2.75, 3.05) is 19.0 Å². The Hall–Kier alpha value is -1.87.